The summed E-state index contributed by atoms with van der Waals surface area (Å²) in [4.78, 5) is 42.3. The van der Waals surface area contributed by atoms with E-state index in [-0.39, 0.29) is 35.0 Å². The molecule has 1 aromatic heterocycles. The average molecular weight is 556 g/mol. The Morgan fingerprint density at radius 1 is 0.829 bits per heavy atom. The van der Waals surface area contributed by atoms with Gasteiger partial charge in [0.1, 0.15) is 23.0 Å². The van der Waals surface area contributed by atoms with Gasteiger partial charge in [-0.1, -0.05) is 0 Å². The number of fused-ring (bicyclic) bond motifs is 4. The lowest BCUT2D eigenvalue weighted by atomic mass is 9.85. The van der Waals surface area contributed by atoms with Crippen LogP contribution in [0.25, 0.3) is 17.0 Å². The van der Waals surface area contributed by atoms with Gasteiger partial charge in [-0.15, -0.1) is 0 Å². The summed E-state index contributed by atoms with van der Waals surface area (Å²) < 4.78 is 33.2. The Kier molecular flexibility index (Phi) is 6.37. The van der Waals surface area contributed by atoms with Crippen molar-refractivity contribution in [1.29, 1.82) is 0 Å². The van der Waals surface area contributed by atoms with Crippen molar-refractivity contribution in [3.8, 4) is 34.5 Å². The largest absolute Gasteiger partial charge is 0.497 e. The number of rotatable bonds is 6. The molecule has 208 valence electrons. The number of esters is 1. The normalized spacial score (nSPS) is 16.6. The summed E-state index contributed by atoms with van der Waals surface area (Å²) in [5.41, 5.74) is 1.85. The number of Topliss-reactive ketones (excluding diaryl/α,β-unsaturated/α-hetero) is 1. The van der Waals surface area contributed by atoms with Gasteiger partial charge in [-0.05, 0) is 47.9 Å². The van der Waals surface area contributed by atoms with Gasteiger partial charge in [0, 0.05) is 34.7 Å². The van der Waals surface area contributed by atoms with Crippen molar-refractivity contribution in [3.05, 3.63) is 86.9 Å². The second-order valence-electron chi connectivity index (χ2n) is 9.48. The quantitative estimate of drug-likeness (QED) is 0.206. The van der Waals surface area contributed by atoms with E-state index in [2.05, 4.69) is 4.98 Å². The molecule has 2 aliphatic heterocycles. The van der Waals surface area contributed by atoms with Crippen molar-refractivity contribution >= 4 is 28.7 Å². The Bertz CT molecular complexity index is 1840. The SMILES string of the molecule is COc1ccc2cc([C@H]3CC(=O)Oc4ccc5c(c43)O/C(=C/c3cc(OC)c(OC)cc3OC)C5=O)c(=O)[nH]c2c1. The molecule has 0 saturated heterocycles. The van der Waals surface area contributed by atoms with Gasteiger partial charge in [-0.2, -0.15) is 0 Å². The van der Waals surface area contributed by atoms with Crippen molar-refractivity contribution in [1.82, 2.24) is 4.98 Å². The van der Waals surface area contributed by atoms with Crippen LogP contribution in [0.15, 0.2) is 59.1 Å². The molecule has 0 amide bonds. The fourth-order valence-electron chi connectivity index (χ4n) is 5.26. The molecule has 0 bridgehead atoms. The minimum Gasteiger partial charge on any atom is -0.497 e. The summed E-state index contributed by atoms with van der Waals surface area (Å²) in [6.07, 6.45) is 1.45. The van der Waals surface area contributed by atoms with E-state index in [4.69, 9.17) is 28.4 Å². The summed E-state index contributed by atoms with van der Waals surface area (Å²) in [5, 5.41) is 0.756. The second kappa shape index (κ2) is 10.1. The highest BCUT2D eigenvalue weighted by atomic mass is 16.5. The molecule has 0 unspecified atom stereocenters. The van der Waals surface area contributed by atoms with E-state index in [1.165, 1.54) is 21.3 Å². The van der Waals surface area contributed by atoms with E-state index in [1.807, 2.05) is 6.07 Å². The smallest absolute Gasteiger partial charge is 0.312 e. The van der Waals surface area contributed by atoms with Crippen LogP contribution in [-0.4, -0.2) is 45.2 Å². The zero-order valence-corrected chi connectivity index (χ0v) is 22.7. The molecule has 3 aromatic carbocycles. The highest BCUT2D eigenvalue weighted by Crippen LogP contribution is 2.49. The molecule has 6 rings (SSSR count). The van der Waals surface area contributed by atoms with Gasteiger partial charge in [-0.3, -0.25) is 14.4 Å². The lowest BCUT2D eigenvalue weighted by Gasteiger charge is -2.26. The van der Waals surface area contributed by atoms with Gasteiger partial charge in [0.25, 0.3) is 5.56 Å². The molecule has 4 aromatic rings. The average Bonchev–Trinajstić information content (AvgIpc) is 3.30. The number of hydrogen-bond donors (Lipinski definition) is 1. The van der Waals surface area contributed by atoms with E-state index in [0.717, 1.165) is 5.39 Å². The Morgan fingerprint density at radius 2 is 1.59 bits per heavy atom. The molecule has 10 nitrogen and oxygen atoms in total. The van der Waals surface area contributed by atoms with E-state index < -0.39 is 11.9 Å². The Balaban J connectivity index is 1.47. The van der Waals surface area contributed by atoms with Crippen molar-refractivity contribution in [2.45, 2.75) is 12.3 Å². The molecule has 41 heavy (non-hydrogen) atoms. The maximum absolute atomic E-state index is 13.5. The first-order valence-electron chi connectivity index (χ1n) is 12.7. The van der Waals surface area contributed by atoms with E-state index in [9.17, 15) is 14.4 Å². The number of ether oxygens (including phenoxy) is 6. The molecular formula is C31H25NO9. The first-order valence-corrected chi connectivity index (χ1v) is 12.7. The number of H-pyrrole nitrogens is 1. The minimum atomic E-state index is -0.709. The maximum Gasteiger partial charge on any atom is 0.312 e. The topological polar surface area (TPSA) is 122 Å². The minimum absolute atomic E-state index is 0.0362. The van der Waals surface area contributed by atoms with Crippen LogP contribution in [0.2, 0.25) is 0 Å². The van der Waals surface area contributed by atoms with E-state index in [0.29, 0.717) is 50.8 Å². The molecule has 10 heteroatoms. The predicted octanol–water partition coefficient (Wildman–Crippen LogP) is 4.62. The Morgan fingerprint density at radius 3 is 2.32 bits per heavy atom. The monoisotopic (exact) mass is 555 g/mol. The van der Waals surface area contributed by atoms with Crippen LogP contribution in [0.4, 0.5) is 0 Å². The van der Waals surface area contributed by atoms with Crippen LogP contribution >= 0.6 is 0 Å². The van der Waals surface area contributed by atoms with Gasteiger partial charge in [0.2, 0.25) is 5.78 Å². The molecular weight excluding hydrogens is 530 g/mol. The number of carbonyl (C=O) groups is 2. The molecule has 0 spiro atoms. The number of nitrogens with one attached hydrogen (secondary N) is 1. The summed E-state index contributed by atoms with van der Waals surface area (Å²) in [7, 11) is 6.07. The van der Waals surface area contributed by atoms with Crippen LogP contribution in [0.3, 0.4) is 0 Å². The number of methoxy groups -OCH3 is 4. The van der Waals surface area contributed by atoms with Crippen LogP contribution in [0.5, 0.6) is 34.5 Å². The van der Waals surface area contributed by atoms with Gasteiger partial charge >= 0.3 is 5.97 Å². The highest BCUT2D eigenvalue weighted by Gasteiger charge is 2.39. The molecule has 1 N–H and O–H groups in total. The number of pyridine rings is 1. The first kappa shape index (κ1) is 26.0. The molecule has 1 atom stereocenters. The summed E-state index contributed by atoms with van der Waals surface area (Å²) >= 11 is 0. The number of aromatic amines is 1. The molecule has 0 aliphatic carbocycles. The van der Waals surface area contributed by atoms with E-state index >= 15 is 0 Å². The fourth-order valence-corrected chi connectivity index (χ4v) is 5.26. The van der Waals surface area contributed by atoms with Crippen molar-refractivity contribution in [2.24, 2.45) is 0 Å². The number of benzene rings is 3. The van der Waals surface area contributed by atoms with Crippen LogP contribution in [0, 0.1) is 0 Å². The van der Waals surface area contributed by atoms with Gasteiger partial charge < -0.3 is 33.4 Å². The number of hydrogen-bond acceptors (Lipinski definition) is 9. The summed E-state index contributed by atoms with van der Waals surface area (Å²) in [5.74, 6) is 0.891. The number of aromatic nitrogens is 1. The van der Waals surface area contributed by atoms with Crippen molar-refractivity contribution in [2.75, 3.05) is 28.4 Å². The third-order valence-corrected chi connectivity index (χ3v) is 7.26. The Hall–Kier alpha value is -5.25. The van der Waals surface area contributed by atoms with Gasteiger partial charge in [0.15, 0.2) is 17.3 Å². The number of allylic oxidation sites excluding steroid dienone is 1. The highest BCUT2D eigenvalue weighted by molar-refractivity contribution is 6.15. The Labute approximate surface area is 234 Å². The molecule has 0 saturated carbocycles. The molecule has 0 fully saturated rings. The standard InChI is InChI=1S/C31H25NO9/c1-36-17-6-5-15-9-20(31(35)32-21(15)12-17)19-13-27(33)40-22-8-7-18-29(34)26(41-30(18)28(19)22)11-16-10-24(38-3)25(39-4)14-23(16)37-2/h5-12,14,19H,13H2,1-4H3,(H,32,35)/b26-11+/t19-/m1/s1. The van der Waals surface area contributed by atoms with Gasteiger partial charge in [0.05, 0.1) is 45.9 Å². The zero-order chi connectivity index (χ0) is 28.8. The second-order valence-corrected chi connectivity index (χ2v) is 9.48. The lowest BCUT2D eigenvalue weighted by Crippen LogP contribution is -2.26. The van der Waals surface area contributed by atoms with Gasteiger partial charge in [-0.25, -0.2) is 0 Å². The predicted molar refractivity (Wildman–Crippen MR) is 149 cm³/mol. The molecule has 2 aliphatic rings. The van der Waals surface area contributed by atoms with Crippen LogP contribution in [-0.2, 0) is 4.79 Å². The summed E-state index contributed by atoms with van der Waals surface area (Å²) in [6, 6.07) is 13.5. The summed E-state index contributed by atoms with van der Waals surface area (Å²) in [6.45, 7) is 0. The third-order valence-electron chi connectivity index (χ3n) is 7.26. The van der Waals surface area contributed by atoms with Crippen LogP contribution < -0.4 is 34.0 Å². The van der Waals surface area contributed by atoms with Crippen molar-refractivity contribution < 1.29 is 38.0 Å². The zero-order valence-electron chi connectivity index (χ0n) is 22.7. The van der Waals surface area contributed by atoms with Crippen LogP contribution in [0.1, 0.15) is 39.4 Å². The van der Waals surface area contributed by atoms with Crippen molar-refractivity contribution in [3.63, 3.8) is 0 Å². The fraction of sp³-hybridized carbons (Fsp3) is 0.194. The lowest BCUT2D eigenvalue weighted by molar-refractivity contribution is -0.135. The first-order chi connectivity index (χ1) is 19.8. The van der Waals surface area contributed by atoms with E-state index in [1.54, 1.807) is 55.7 Å². The number of carbonyl (C=O) groups excluding carboxylic acids is 2. The maximum atomic E-state index is 13.5. The third kappa shape index (κ3) is 4.33. The molecule has 0 radical (unpaired) electrons. The molecule has 3 heterocycles. The number of ketones is 1.